The molecule has 0 unspecified atom stereocenters. The summed E-state index contributed by atoms with van der Waals surface area (Å²) >= 11 is 0. The van der Waals surface area contributed by atoms with Crippen LogP contribution in [0.25, 0.3) is 0 Å². The van der Waals surface area contributed by atoms with Crippen molar-refractivity contribution in [2.45, 2.75) is 19.6 Å². The van der Waals surface area contributed by atoms with Crippen LogP contribution in [-0.4, -0.2) is 21.2 Å². The van der Waals surface area contributed by atoms with E-state index in [0.717, 1.165) is 42.9 Å². The Morgan fingerprint density at radius 2 is 1.33 bits per heavy atom. The van der Waals surface area contributed by atoms with E-state index in [1.54, 1.807) is 0 Å². The monoisotopic (exact) mass is 317 g/mol. The fourth-order valence-corrected chi connectivity index (χ4v) is 2.57. The average molecular weight is 317 g/mol. The van der Waals surface area contributed by atoms with Crippen molar-refractivity contribution >= 4 is 6.29 Å². The van der Waals surface area contributed by atoms with Crippen LogP contribution >= 0.6 is 0 Å². The molecule has 0 radical (unpaired) electrons. The third kappa shape index (κ3) is 4.57. The number of nitrogens with zero attached hydrogens (tertiary/aromatic N) is 3. The second-order valence-corrected chi connectivity index (χ2v) is 5.65. The van der Waals surface area contributed by atoms with Crippen molar-refractivity contribution in [2.24, 2.45) is 0 Å². The lowest BCUT2D eigenvalue weighted by Crippen LogP contribution is -2.23. The molecule has 4 heteroatoms. The molecule has 0 saturated carbocycles. The van der Waals surface area contributed by atoms with Crippen molar-refractivity contribution < 1.29 is 4.79 Å². The Hall–Kier alpha value is -2.85. The highest BCUT2D eigenvalue weighted by Crippen LogP contribution is 2.12. The van der Waals surface area contributed by atoms with Crippen LogP contribution in [0.15, 0.2) is 73.1 Å². The average Bonchev–Trinajstić information content (AvgIpc) is 2.64. The van der Waals surface area contributed by atoms with Crippen LogP contribution in [0.4, 0.5) is 0 Å². The van der Waals surface area contributed by atoms with Crippen molar-refractivity contribution in [3.63, 3.8) is 0 Å². The standard InChI is InChI=1S/C20H19N3O/c24-16-18-9-7-17(8-10-18)13-23(14-19-5-1-3-11-21-19)15-20-6-2-4-12-22-20/h1-12,16H,13-15H2. The normalized spacial score (nSPS) is 10.7. The lowest BCUT2D eigenvalue weighted by Gasteiger charge is -2.22. The first-order valence-corrected chi connectivity index (χ1v) is 7.90. The molecule has 0 atom stereocenters. The number of aromatic nitrogens is 2. The van der Waals surface area contributed by atoms with E-state index in [1.165, 1.54) is 0 Å². The topological polar surface area (TPSA) is 46.1 Å². The number of carbonyl (C=O) groups excluding carboxylic acids is 1. The van der Waals surface area contributed by atoms with Crippen molar-refractivity contribution in [3.8, 4) is 0 Å². The molecule has 0 saturated heterocycles. The van der Waals surface area contributed by atoms with Gasteiger partial charge in [-0.2, -0.15) is 0 Å². The molecular weight excluding hydrogens is 298 g/mol. The van der Waals surface area contributed by atoms with E-state index >= 15 is 0 Å². The maximum Gasteiger partial charge on any atom is 0.150 e. The Labute approximate surface area is 141 Å². The van der Waals surface area contributed by atoms with Gasteiger partial charge in [0.25, 0.3) is 0 Å². The summed E-state index contributed by atoms with van der Waals surface area (Å²) in [6, 6.07) is 19.6. The van der Waals surface area contributed by atoms with Gasteiger partial charge in [0.1, 0.15) is 6.29 Å². The lowest BCUT2D eigenvalue weighted by molar-refractivity contribution is 0.112. The van der Waals surface area contributed by atoms with Crippen molar-refractivity contribution in [1.29, 1.82) is 0 Å². The van der Waals surface area contributed by atoms with Gasteiger partial charge in [0, 0.05) is 37.6 Å². The maximum absolute atomic E-state index is 10.8. The van der Waals surface area contributed by atoms with Crippen molar-refractivity contribution in [1.82, 2.24) is 14.9 Å². The molecule has 0 aliphatic rings. The molecule has 3 rings (SSSR count). The van der Waals surface area contributed by atoms with E-state index in [-0.39, 0.29) is 0 Å². The van der Waals surface area contributed by atoms with Crippen LogP contribution in [0.5, 0.6) is 0 Å². The largest absolute Gasteiger partial charge is 0.298 e. The molecule has 2 aromatic heterocycles. The summed E-state index contributed by atoms with van der Waals surface area (Å²) in [6.45, 7) is 2.26. The van der Waals surface area contributed by atoms with Gasteiger partial charge in [0.05, 0.1) is 11.4 Å². The van der Waals surface area contributed by atoms with Crippen LogP contribution in [0.2, 0.25) is 0 Å². The third-order valence-electron chi connectivity index (χ3n) is 3.75. The summed E-state index contributed by atoms with van der Waals surface area (Å²) in [7, 11) is 0. The highest BCUT2D eigenvalue weighted by Gasteiger charge is 2.10. The van der Waals surface area contributed by atoms with Crippen LogP contribution < -0.4 is 0 Å². The van der Waals surface area contributed by atoms with Crippen LogP contribution in [0.1, 0.15) is 27.3 Å². The summed E-state index contributed by atoms with van der Waals surface area (Å²) in [5.41, 5.74) is 3.91. The molecule has 24 heavy (non-hydrogen) atoms. The summed E-state index contributed by atoms with van der Waals surface area (Å²) < 4.78 is 0. The number of hydrogen-bond acceptors (Lipinski definition) is 4. The highest BCUT2D eigenvalue weighted by atomic mass is 16.1. The number of hydrogen-bond donors (Lipinski definition) is 0. The summed E-state index contributed by atoms with van der Waals surface area (Å²) in [6.07, 6.45) is 4.49. The molecule has 0 spiro atoms. The Bertz CT molecular complexity index is 716. The van der Waals surface area contributed by atoms with Gasteiger partial charge in [-0.1, -0.05) is 36.4 Å². The molecular formula is C20H19N3O. The zero-order valence-electron chi connectivity index (χ0n) is 13.4. The van der Waals surface area contributed by atoms with E-state index in [9.17, 15) is 4.79 Å². The number of pyridine rings is 2. The van der Waals surface area contributed by atoms with Crippen LogP contribution in [-0.2, 0) is 19.6 Å². The Kier molecular flexibility index (Phi) is 5.43. The molecule has 0 amide bonds. The fourth-order valence-electron chi connectivity index (χ4n) is 2.57. The first-order chi connectivity index (χ1) is 11.8. The molecule has 2 heterocycles. The molecule has 0 bridgehead atoms. The SMILES string of the molecule is O=Cc1ccc(CN(Cc2ccccn2)Cc2ccccn2)cc1. The zero-order chi connectivity index (χ0) is 16.6. The van der Waals surface area contributed by atoms with E-state index < -0.39 is 0 Å². The van der Waals surface area contributed by atoms with Gasteiger partial charge in [-0.25, -0.2) is 0 Å². The van der Waals surface area contributed by atoms with E-state index in [4.69, 9.17) is 0 Å². The van der Waals surface area contributed by atoms with Gasteiger partial charge in [0.2, 0.25) is 0 Å². The first kappa shape index (κ1) is 16.0. The Balaban J connectivity index is 1.76. The molecule has 0 fully saturated rings. The molecule has 120 valence electrons. The molecule has 0 aliphatic carbocycles. The smallest absolute Gasteiger partial charge is 0.150 e. The molecule has 0 aliphatic heterocycles. The second kappa shape index (κ2) is 8.13. The molecule has 3 aromatic rings. The highest BCUT2D eigenvalue weighted by molar-refractivity contribution is 5.74. The first-order valence-electron chi connectivity index (χ1n) is 7.90. The Morgan fingerprint density at radius 3 is 1.79 bits per heavy atom. The van der Waals surface area contributed by atoms with Gasteiger partial charge < -0.3 is 0 Å². The van der Waals surface area contributed by atoms with Crippen LogP contribution in [0.3, 0.4) is 0 Å². The van der Waals surface area contributed by atoms with Gasteiger partial charge in [-0.05, 0) is 29.8 Å². The Morgan fingerprint density at radius 1 is 0.750 bits per heavy atom. The lowest BCUT2D eigenvalue weighted by atomic mass is 10.1. The summed E-state index contributed by atoms with van der Waals surface area (Å²) in [4.78, 5) is 21.9. The van der Waals surface area contributed by atoms with Gasteiger partial charge in [0.15, 0.2) is 0 Å². The van der Waals surface area contributed by atoms with Crippen molar-refractivity contribution in [2.75, 3.05) is 0 Å². The molecule has 4 nitrogen and oxygen atoms in total. The zero-order valence-corrected chi connectivity index (χ0v) is 13.4. The third-order valence-corrected chi connectivity index (χ3v) is 3.75. The maximum atomic E-state index is 10.8. The van der Waals surface area contributed by atoms with Gasteiger partial charge in [-0.15, -0.1) is 0 Å². The predicted molar refractivity (Wildman–Crippen MR) is 93.3 cm³/mol. The van der Waals surface area contributed by atoms with E-state index in [0.29, 0.717) is 5.56 Å². The predicted octanol–water partition coefficient (Wildman–Crippen LogP) is 3.49. The van der Waals surface area contributed by atoms with Crippen molar-refractivity contribution in [3.05, 3.63) is 95.6 Å². The van der Waals surface area contributed by atoms with Gasteiger partial charge in [-0.3, -0.25) is 19.7 Å². The van der Waals surface area contributed by atoms with Gasteiger partial charge >= 0.3 is 0 Å². The minimum absolute atomic E-state index is 0.694. The van der Waals surface area contributed by atoms with E-state index in [1.807, 2.05) is 73.1 Å². The quantitative estimate of drug-likeness (QED) is 0.626. The minimum atomic E-state index is 0.694. The second-order valence-electron chi connectivity index (χ2n) is 5.65. The number of carbonyl (C=O) groups is 1. The number of aldehydes is 1. The number of rotatable bonds is 7. The molecule has 1 aromatic carbocycles. The van der Waals surface area contributed by atoms with Crippen LogP contribution in [0, 0.1) is 0 Å². The minimum Gasteiger partial charge on any atom is -0.298 e. The summed E-state index contributed by atoms with van der Waals surface area (Å²) in [5.74, 6) is 0. The summed E-state index contributed by atoms with van der Waals surface area (Å²) in [5, 5.41) is 0. The van der Waals surface area contributed by atoms with E-state index in [2.05, 4.69) is 14.9 Å². The number of benzene rings is 1. The fraction of sp³-hybridized carbons (Fsp3) is 0.150. The molecule has 0 N–H and O–H groups in total.